The molecule has 2 unspecified atom stereocenters. The van der Waals surface area contributed by atoms with Gasteiger partial charge in [-0.25, -0.2) is 14.4 Å². The molecule has 4 aromatic rings. The normalized spacial score (nSPS) is 20.3. The van der Waals surface area contributed by atoms with Crippen LogP contribution in [0.5, 0.6) is 0 Å². The lowest BCUT2D eigenvalue weighted by atomic mass is 10.1. The van der Waals surface area contributed by atoms with Crippen LogP contribution in [0.3, 0.4) is 0 Å². The Morgan fingerprint density at radius 1 is 1.03 bits per heavy atom. The summed E-state index contributed by atoms with van der Waals surface area (Å²) in [7, 11) is 0. The van der Waals surface area contributed by atoms with E-state index in [-0.39, 0.29) is 23.6 Å². The standard InChI is InChI=1S/C27H25ClFN5O/c28-19-8-6-18(7-9-19)25-24(33-14-3-13-30-27(33)31-25)17-32-15-12-20-10-11-21(16-32)34(20)26(35)22-4-1-2-5-23(22)29/h1-9,13-14,20-21H,10-12,15-17H2. The number of carbonyl (C=O) groups is 1. The van der Waals surface area contributed by atoms with Crippen LogP contribution in [-0.2, 0) is 6.54 Å². The number of benzene rings is 2. The lowest BCUT2D eigenvalue weighted by Crippen LogP contribution is -2.43. The average molecular weight is 490 g/mol. The molecule has 0 spiro atoms. The highest BCUT2D eigenvalue weighted by molar-refractivity contribution is 6.30. The van der Waals surface area contributed by atoms with E-state index in [2.05, 4.69) is 9.88 Å². The van der Waals surface area contributed by atoms with Gasteiger partial charge in [0.25, 0.3) is 5.91 Å². The summed E-state index contributed by atoms with van der Waals surface area (Å²) in [4.78, 5) is 26.9. The Morgan fingerprint density at radius 3 is 2.66 bits per heavy atom. The van der Waals surface area contributed by atoms with E-state index in [4.69, 9.17) is 16.6 Å². The predicted molar refractivity (Wildman–Crippen MR) is 133 cm³/mol. The van der Waals surface area contributed by atoms with Crippen molar-refractivity contribution in [3.63, 3.8) is 0 Å². The third kappa shape index (κ3) is 4.09. The Bertz CT molecular complexity index is 1390. The lowest BCUT2D eigenvalue weighted by molar-refractivity contribution is 0.0665. The third-order valence-electron chi connectivity index (χ3n) is 7.20. The van der Waals surface area contributed by atoms with Gasteiger partial charge in [-0.2, -0.15) is 0 Å². The summed E-state index contributed by atoms with van der Waals surface area (Å²) in [5.74, 6) is 0.00212. The summed E-state index contributed by atoms with van der Waals surface area (Å²) in [6.45, 7) is 2.27. The lowest BCUT2D eigenvalue weighted by Gasteiger charge is -2.29. The number of fused-ring (bicyclic) bond motifs is 3. The number of halogens is 2. The van der Waals surface area contributed by atoms with Crippen LogP contribution in [0.1, 0.15) is 35.3 Å². The van der Waals surface area contributed by atoms with E-state index in [1.807, 2.05) is 45.8 Å². The summed E-state index contributed by atoms with van der Waals surface area (Å²) < 4.78 is 16.4. The van der Waals surface area contributed by atoms with Crippen molar-refractivity contribution < 1.29 is 9.18 Å². The fraction of sp³-hybridized carbons (Fsp3) is 0.296. The van der Waals surface area contributed by atoms with Gasteiger partial charge in [-0.05, 0) is 49.6 Å². The largest absolute Gasteiger partial charge is 0.331 e. The fourth-order valence-electron chi connectivity index (χ4n) is 5.53. The van der Waals surface area contributed by atoms with Gasteiger partial charge in [-0.15, -0.1) is 0 Å². The molecule has 2 aliphatic rings. The predicted octanol–water partition coefficient (Wildman–Crippen LogP) is 5.07. The molecule has 6 rings (SSSR count). The van der Waals surface area contributed by atoms with E-state index in [9.17, 15) is 9.18 Å². The zero-order chi connectivity index (χ0) is 23.9. The van der Waals surface area contributed by atoms with E-state index in [0.29, 0.717) is 17.3 Å². The SMILES string of the molecule is O=C(c1ccccc1F)N1C2CCC1CN(Cc1c(-c3ccc(Cl)cc3)nc3ncccn13)CC2. The zero-order valence-electron chi connectivity index (χ0n) is 19.1. The molecule has 2 aliphatic heterocycles. The number of carbonyl (C=O) groups excluding carboxylic acids is 1. The van der Waals surface area contributed by atoms with E-state index in [1.54, 1.807) is 24.4 Å². The van der Waals surface area contributed by atoms with Gasteiger partial charge < -0.3 is 4.90 Å². The maximum atomic E-state index is 14.4. The number of likely N-dealkylation sites (tertiary alicyclic amines) is 1. The highest BCUT2D eigenvalue weighted by Gasteiger charge is 2.41. The number of hydrogen-bond donors (Lipinski definition) is 0. The highest BCUT2D eigenvalue weighted by Crippen LogP contribution is 2.34. The molecule has 2 saturated heterocycles. The number of rotatable bonds is 4. The van der Waals surface area contributed by atoms with Crippen LogP contribution in [0.4, 0.5) is 4.39 Å². The van der Waals surface area contributed by atoms with Crippen molar-refractivity contribution in [3.05, 3.63) is 89.1 Å². The van der Waals surface area contributed by atoms with E-state index in [1.165, 1.54) is 6.07 Å². The van der Waals surface area contributed by atoms with Gasteiger partial charge in [0.1, 0.15) is 5.82 Å². The second-order valence-corrected chi connectivity index (χ2v) is 9.74. The van der Waals surface area contributed by atoms with Crippen LogP contribution in [0.2, 0.25) is 5.02 Å². The highest BCUT2D eigenvalue weighted by atomic mass is 35.5. The van der Waals surface area contributed by atoms with Crippen molar-refractivity contribution >= 4 is 23.3 Å². The van der Waals surface area contributed by atoms with Crippen LogP contribution < -0.4 is 0 Å². The molecule has 0 N–H and O–H groups in total. The van der Waals surface area contributed by atoms with Gasteiger partial charge in [0.15, 0.2) is 0 Å². The average Bonchev–Trinajstić information content (AvgIpc) is 3.37. The van der Waals surface area contributed by atoms with Crippen molar-refractivity contribution in [3.8, 4) is 11.3 Å². The van der Waals surface area contributed by atoms with Crippen LogP contribution >= 0.6 is 11.6 Å². The Kier molecular flexibility index (Phi) is 5.74. The molecule has 178 valence electrons. The summed E-state index contributed by atoms with van der Waals surface area (Å²) in [6.07, 6.45) is 6.49. The minimum absolute atomic E-state index is 0.0610. The van der Waals surface area contributed by atoms with Gasteiger partial charge in [-0.1, -0.05) is 35.9 Å². The second-order valence-electron chi connectivity index (χ2n) is 9.30. The monoisotopic (exact) mass is 489 g/mol. The van der Waals surface area contributed by atoms with Crippen molar-refractivity contribution in [1.29, 1.82) is 0 Å². The second kappa shape index (κ2) is 9.06. The smallest absolute Gasteiger partial charge is 0.257 e. The molecule has 0 radical (unpaired) electrons. The number of aromatic nitrogens is 3. The molecular formula is C27H25ClFN5O. The van der Waals surface area contributed by atoms with Crippen LogP contribution in [0.25, 0.3) is 17.0 Å². The van der Waals surface area contributed by atoms with Crippen LogP contribution in [-0.4, -0.2) is 55.2 Å². The summed E-state index contributed by atoms with van der Waals surface area (Å²) in [5.41, 5.74) is 3.09. The van der Waals surface area contributed by atoms with Gasteiger partial charge in [0.05, 0.1) is 17.0 Å². The van der Waals surface area contributed by atoms with Crippen molar-refractivity contribution in [2.45, 2.75) is 37.9 Å². The van der Waals surface area contributed by atoms with Gasteiger partial charge >= 0.3 is 0 Å². The molecule has 1 amide bonds. The van der Waals surface area contributed by atoms with Crippen LogP contribution in [0, 0.1) is 5.82 Å². The number of amides is 1. The van der Waals surface area contributed by atoms with Gasteiger partial charge in [0.2, 0.25) is 5.78 Å². The number of imidazole rings is 1. The molecule has 2 bridgehead atoms. The maximum Gasteiger partial charge on any atom is 0.257 e. The molecule has 2 aromatic carbocycles. The minimum Gasteiger partial charge on any atom is -0.331 e. The zero-order valence-corrected chi connectivity index (χ0v) is 19.9. The van der Waals surface area contributed by atoms with Crippen molar-refractivity contribution in [2.24, 2.45) is 0 Å². The minimum atomic E-state index is -0.455. The Labute approximate surface area is 208 Å². The molecule has 0 saturated carbocycles. The summed E-state index contributed by atoms with van der Waals surface area (Å²) >= 11 is 6.12. The molecule has 2 aromatic heterocycles. The van der Waals surface area contributed by atoms with E-state index >= 15 is 0 Å². The topological polar surface area (TPSA) is 53.7 Å². The fourth-order valence-corrected chi connectivity index (χ4v) is 5.66. The first kappa shape index (κ1) is 22.2. The quantitative estimate of drug-likeness (QED) is 0.401. The summed E-state index contributed by atoms with van der Waals surface area (Å²) in [5, 5.41) is 0.681. The van der Waals surface area contributed by atoms with E-state index < -0.39 is 5.82 Å². The first-order valence-corrected chi connectivity index (χ1v) is 12.3. The molecule has 35 heavy (non-hydrogen) atoms. The molecule has 0 aliphatic carbocycles. The Morgan fingerprint density at radius 2 is 1.83 bits per heavy atom. The third-order valence-corrected chi connectivity index (χ3v) is 7.45. The molecule has 6 nitrogen and oxygen atoms in total. The molecule has 2 fully saturated rings. The van der Waals surface area contributed by atoms with Gasteiger partial charge in [0, 0.05) is 54.7 Å². The maximum absolute atomic E-state index is 14.4. The van der Waals surface area contributed by atoms with Gasteiger partial charge in [-0.3, -0.25) is 14.1 Å². The number of nitrogens with zero attached hydrogens (tertiary/aromatic N) is 5. The van der Waals surface area contributed by atoms with Crippen molar-refractivity contribution in [1.82, 2.24) is 24.2 Å². The van der Waals surface area contributed by atoms with E-state index in [0.717, 1.165) is 49.3 Å². The molecular weight excluding hydrogens is 465 g/mol. The molecule has 4 heterocycles. The Hall–Kier alpha value is -3.29. The first-order valence-electron chi connectivity index (χ1n) is 12.0. The van der Waals surface area contributed by atoms with Crippen LogP contribution in [0.15, 0.2) is 67.0 Å². The van der Waals surface area contributed by atoms with Crippen molar-refractivity contribution in [2.75, 3.05) is 13.1 Å². The molecule has 8 heteroatoms. The Balaban J connectivity index is 1.30. The number of hydrogen-bond acceptors (Lipinski definition) is 4. The summed E-state index contributed by atoms with van der Waals surface area (Å²) in [6, 6.07) is 16.1. The molecule has 2 atom stereocenters. The first-order chi connectivity index (χ1) is 17.1.